The minimum absolute atomic E-state index is 0. The van der Waals surface area contributed by atoms with E-state index in [0.717, 1.165) is 47.0 Å². The van der Waals surface area contributed by atoms with Gasteiger partial charge in [0.05, 0.1) is 17.5 Å². The van der Waals surface area contributed by atoms with Gasteiger partial charge in [-0.25, -0.2) is 0 Å². The number of benzene rings is 11. The third kappa shape index (κ3) is 15.9. The van der Waals surface area contributed by atoms with Crippen molar-refractivity contribution in [2.45, 2.75) is 184 Å². The second-order valence-electron chi connectivity index (χ2n) is 31.0. The van der Waals surface area contributed by atoms with Gasteiger partial charge < -0.3 is 13.7 Å². The van der Waals surface area contributed by atoms with E-state index in [2.05, 4.69) is 323 Å². The largest absolute Gasteiger partial charge is 3.00 e. The van der Waals surface area contributed by atoms with E-state index in [1.165, 1.54) is 184 Å². The smallest absolute Gasteiger partial charge is 0.340 e. The van der Waals surface area contributed by atoms with Crippen LogP contribution in [-0.2, 0) is 20.1 Å². The number of aromatic nitrogens is 6. The molecule has 0 saturated carbocycles. The molecule has 110 heavy (non-hydrogen) atoms. The van der Waals surface area contributed by atoms with E-state index in [1.54, 1.807) is 0 Å². The minimum Gasteiger partial charge on any atom is -0.340 e. The molecule has 558 valence electrons. The van der Waals surface area contributed by atoms with Crippen molar-refractivity contribution < 1.29 is 20.1 Å². The molecule has 11 aromatic carbocycles. The van der Waals surface area contributed by atoms with Crippen LogP contribution in [0.5, 0.6) is 0 Å². The molecule has 0 aliphatic rings. The fourth-order valence-electron chi connectivity index (χ4n) is 18.3. The van der Waals surface area contributed by atoms with Gasteiger partial charge >= 0.3 is 20.1 Å². The van der Waals surface area contributed by atoms with Gasteiger partial charge in [-0.2, -0.15) is 0 Å². The molecule has 0 aliphatic carbocycles. The molecule has 3 heterocycles. The number of nitrogens with zero attached hydrogens (tertiary/aromatic N) is 6. The Balaban J connectivity index is 0.000000234. The summed E-state index contributed by atoms with van der Waals surface area (Å²) >= 11 is 0. The molecule has 3 aromatic heterocycles. The molecule has 0 aliphatic heterocycles. The molecule has 14 aromatic rings. The molecule has 0 spiro atoms. The van der Waals surface area contributed by atoms with E-state index in [0.29, 0.717) is 11.8 Å². The van der Waals surface area contributed by atoms with Gasteiger partial charge in [0, 0.05) is 54.2 Å². The normalized spacial score (nSPS) is 11.7. The monoisotopic (exact) mass is 1620 g/mol. The van der Waals surface area contributed by atoms with Crippen LogP contribution < -0.4 is 16.4 Å². The molecule has 0 bridgehead atoms. The molecule has 0 fully saturated rings. The zero-order valence-electron chi connectivity index (χ0n) is 69.2. The molecular formula is C102H108BIrN6. The Morgan fingerprint density at radius 2 is 0.664 bits per heavy atom. The maximum absolute atomic E-state index is 4.84. The van der Waals surface area contributed by atoms with E-state index < -0.39 is 0 Å². The molecule has 0 N–H and O–H groups in total. The van der Waals surface area contributed by atoms with E-state index in [1.807, 2.05) is 79.5 Å². The maximum atomic E-state index is 4.84. The van der Waals surface area contributed by atoms with E-state index >= 15 is 0 Å². The van der Waals surface area contributed by atoms with Crippen LogP contribution in [0.25, 0.3) is 73.5 Å². The van der Waals surface area contributed by atoms with Crippen LogP contribution in [0.1, 0.15) is 166 Å². The summed E-state index contributed by atoms with van der Waals surface area (Å²) in [4.78, 5) is 13.8. The third-order valence-corrected chi connectivity index (χ3v) is 23.7. The molecule has 14 rings (SSSR count). The van der Waals surface area contributed by atoms with Crippen molar-refractivity contribution in [3.05, 3.63) is 347 Å². The Kier molecular flexibility index (Phi) is 25.2. The second kappa shape index (κ2) is 34.4. The predicted molar refractivity (Wildman–Crippen MR) is 464 cm³/mol. The molecule has 6 nitrogen and oxygen atoms in total. The molecule has 0 radical (unpaired) electrons. The van der Waals surface area contributed by atoms with Gasteiger partial charge in [0.1, 0.15) is 0 Å². The average molecular weight is 1620 g/mol. The van der Waals surface area contributed by atoms with Crippen molar-refractivity contribution in [2.24, 2.45) is 0 Å². The summed E-state index contributed by atoms with van der Waals surface area (Å²) < 4.78 is 6.53. The number of aryl methyl sites for hydroxylation is 9. The number of hydrogen-bond donors (Lipinski definition) is 0. The minimum atomic E-state index is 0. The van der Waals surface area contributed by atoms with Gasteiger partial charge in [0.25, 0.3) is 0 Å². The van der Waals surface area contributed by atoms with Crippen molar-refractivity contribution in [1.82, 2.24) is 28.7 Å². The number of imidazole rings is 3. The second-order valence-corrected chi connectivity index (χ2v) is 31.0. The van der Waals surface area contributed by atoms with Crippen molar-refractivity contribution in [1.29, 1.82) is 0 Å². The molecular weight excluding hydrogens is 1510 g/mol. The van der Waals surface area contributed by atoms with Crippen LogP contribution >= 0.6 is 0 Å². The van der Waals surface area contributed by atoms with E-state index in [9.17, 15) is 0 Å². The molecule has 8 heteroatoms. The quantitative estimate of drug-likeness (QED) is 0.0716. The van der Waals surface area contributed by atoms with Gasteiger partial charge in [-0.3, -0.25) is 15.0 Å². The summed E-state index contributed by atoms with van der Waals surface area (Å²) in [7, 11) is 0. The first-order chi connectivity index (χ1) is 52.2. The summed E-state index contributed by atoms with van der Waals surface area (Å²) in [5, 5.41) is 0. The van der Waals surface area contributed by atoms with Crippen molar-refractivity contribution in [3.8, 4) is 73.5 Å². The topological polar surface area (TPSA) is 53.5 Å². The Labute approximate surface area is 671 Å². The van der Waals surface area contributed by atoms with Crippen LogP contribution in [0.4, 0.5) is 0 Å². The van der Waals surface area contributed by atoms with Crippen molar-refractivity contribution in [3.63, 3.8) is 0 Å². The Morgan fingerprint density at radius 1 is 0.355 bits per heavy atom. The summed E-state index contributed by atoms with van der Waals surface area (Å²) in [6.07, 6.45) is 13.8. The first-order valence-corrected chi connectivity index (χ1v) is 38.9. The van der Waals surface area contributed by atoms with Crippen LogP contribution in [0, 0.1) is 164 Å². The Hall–Kier alpha value is -10.2. The zero-order valence-corrected chi connectivity index (χ0v) is 71.6. The molecule has 2 atom stereocenters. The maximum Gasteiger partial charge on any atom is 3.00 e. The van der Waals surface area contributed by atoms with Crippen LogP contribution in [0.15, 0.2) is 201 Å². The molecule has 2 unspecified atom stereocenters. The molecule has 0 amide bonds. The van der Waals surface area contributed by atoms with E-state index in [4.69, 9.17) is 4.98 Å². The van der Waals surface area contributed by atoms with Crippen LogP contribution in [0.3, 0.4) is 0 Å². The Bertz CT molecular complexity index is 5240. The zero-order chi connectivity index (χ0) is 78.0. The fraction of sp³-hybridized carbons (Fsp3) is 0.265. The van der Waals surface area contributed by atoms with Crippen molar-refractivity contribution in [2.75, 3.05) is 0 Å². The van der Waals surface area contributed by atoms with E-state index in [-0.39, 0.29) is 26.8 Å². The summed E-state index contributed by atoms with van der Waals surface area (Å²) in [6, 6.07) is 68.3. The first kappa shape index (κ1) is 80.8. The van der Waals surface area contributed by atoms with Crippen molar-refractivity contribution >= 4 is 23.1 Å². The third-order valence-electron chi connectivity index (χ3n) is 23.7. The SMILES string of the molecule is CCC(CC(C)c1c(C)c(C)c(B(c2c(C)c(C)c(-c3ccccc3)c(C)c2C)c2c(C)c(C)c(-c3ccccc3)c(C)c2C)c(C)c1C)c1c[c-]c(-c2nccn2-c2c(C)cc(C)cc2C)cc1.Cc1cc(C)c(-n2ccnc2-c2[c-]cccc2)c(C)c1.Cc1cc(C)c(-n2ccnc2-c2[c-]cccc2)c(C)c1.[Ir+3]. The average Bonchev–Trinajstić information content (AvgIpc) is 0.744. The van der Waals surface area contributed by atoms with Gasteiger partial charge in [-0.1, -0.05) is 190 Å². The van der Waals surface area contributed by atoms with Gasteiger partial charge in [0.15, 0.2) is 0 Å². The number of hydrogen-bond acceptors (Lipinski definition) is 3. The standard InChI is InChI=1S/C66H74BN2.2C18H17N2.Ir/c1-18-54(55-29-31-58(32-30-55)66-68-33-34-69(66)65-40(4)35-38(2)36-41(65)5)37-39(3)59-42(6)48(12)62(49(13)43(59)7)67(63-50(14)44(8)60(45(9)51(63)15)56-25-21-19-22-26-56)64-52(16)46(10)61(47(11)53(64)17)57-27-23-20-24-28-57;2*1-13-11-14(2)17(15(3)12-13)20-10-9-19-18(20)16-7-5-4-6-8-16;/h19-31,33-36,39,54H,18,37H2,1-17H3;2*4-7,9-12H,1-3H3;/q3*-1;+3. The summed E-state index contributed by atoms with van der Waals surface area (Å²) in [5.41, 5.74) is 47.5. The fourth-order valence-corrected chi connectivity index (χ4v) is 18.3. The van der Waals surface area contributed by atoms with Gasteiger partial charge in [-0.15, -0.1) is 107 Å². The predicted octanol–water partition coefficient (Wildman–Crippen LogP) is 24.0. The summed E-state index contributed by atoms with van der Waals surface area (Å²) in [5.74, 6) is 3.56. The van der Waals surface area contributed by atoms with Gasteiger partial charge in [-0.05, 0) is 252 Å². The Morgan fingerprint density at radius 3 is 0.955 bits per heavy atom. The summed E-state index contributed by atoms with van der Waals surface area (Å²) in [6.45, 7) is 53.0. The van der Waals surface area contributed by atoms with Crippen LogP contribution in [0.2, 0.25) is 0 Å². The number of rotatable bonds is 16. The molecule has 0 saturated heterocycles. The van der Waals surface area contributed by atoms with Gasteiger partial charge in [0.2, 0.25) is 6.71 Å². The first-order valence-electron chi connectivity index (χ1n) is 38.9. The van der Waals surface area contributed by atoms with Crippen LogP contribution in [-0.4, -0.2) is 35.4 Å².